The molecule has 4 heteroatoms. The number of morpholine rings is 1. The van der Waals surface area contributed by atoms with E-state index < -0.39 is 0 Å². The molecule has 2 atom stereocenters. The van der Waals surface area contributed by atoms with Gasteiger partial charge in [0.05, 0.1) is 12.7 Å². The number of halogens is 1. The molecule has 1 saturated heterocycles. The fourth-order valence-electron chi connectivity index (χ4n) is 2.39. The molecule has 0 radical (unpaired) electrons. The Labute approximate surface area is 114 Å². The van der Waals surface area contributed by atoms with E-state index in [0.717, 1.165) is 31.3 Å². The van der Waals surface area contributed by atoms with Crippen molar-refractivity contribution in [2.75, 3.05) is 32.8 Å². The molecular weight excluding hydrogens is 248 g/mol. The molecule has 3 nitrogen and oxygen atoms in total. The predicted molar refractivity (Wildman–Crippen MR) is 75.1 cm³/mol. The zero-order valence-electron chi connectivity index (χ0n) is 10.8. The molecule has 0 spiro atoms. The average molecular weight is 269 g/mol. The van der Waals surface area contributed by atoms with Crippen LogP contribution in [0.4, 0.5) is 0 Å². The summed E-state index contributed by atoms with van der Waals surface area (Å²) in [4.78, 5) is 2.42. The van der Waals surface area contributed by atoms with Gasteiger partial charge >= 0.3 is 0 Å². The van der Waals surface area contributed by atoms with E-state index in [1.165, 1.54) is 5.56 Å². The summed E-state index contributed by atoms with van der Waals surface area (Å²) in [6, 6.07) is 8.11. The Morgan fingerprint density at radius 2 is 2.39 bits per heavy atom. The molecule has 18 heavy (non-hydrogen) atoms. The molecule has 0 aliphatic carbocycles. The van der Waals surface area contributed by atoms with Crippen molar-refractivity contribution in [3.63, 3.8) is 0 Å². The van der Waals surface area contributed by atoms with Gasteiger partial charge in [-0.05, 0) is 23.6 Å². The van der Waals surface area contributed by atoms with Crippen molar-refractivity contribution in [2.45, 2.75) is 18.9 Å². The van der Waals surface area contributed by atoms with Crippen LogP contribution in [0.15, 0.2) is 24.3 Å². The van der Waals surface area contributed by atoms with E-state index in [-0.39, 0.29) is 6.10 Å². The highest BCUT2D eigenvalue weighted by Gasteiger charge is 2.21. The fraction of sp³-hybridized carbons (Fsp3) is 0.571. The summed E-state index contributed by atoms with van der Waals surface area (Å²) >= 11 is 6.03. The van der Waals surface area contributed by atoms with E-state index in [1.807, 2.05) is 18.2 Å². The SMILES string of the molecule is CC(CN1CCOC(CN)C1)c1cccc(Cl)c1. The third kappa shape index (κ3) is 3.69. The van der Waals surface area contributed by atoms with Crippen molar-refractivity contribution in [1.82, 2.24) is 4.90 Å². The number of benzene rings is 1. The van der Waals surface area contributed by atoms with Crippen LogP contribution < -0.4 is 5.73 Å². The molecule has 1 aromatic rings. The maximum Gasteiger partial charge on any atom is 0.0824 e. The Bertz CT molecular complexity index is 386. The topological polar surface area (TPSA) is 38.5 Å². The Morgan fingerprint density at radius 3 is 3.11 bits per heavy atom. The third-order valence-corrected chi connectivity index (χ3v) is 3.67. The van der Waals surface area contributed by atoms with Crippen molar-refractivity contribution < 1.29 is 4.74 Å². The number of hydrogen-bond donors (Lipinski definition) is 1. The minimum atomic E-state index is 0.185. The Morgan fingerprint density at radius 1 is 1.56 bits per heavy atom. The first kappa shape index (κ1) is 13.8. The van der Waals surface area contributed by atoms with Crippen molar-refractivity contribution in [1.29, 1.82) is 0 Å². The van der Waals surface area contributed by atoms with Crippen LogP contribution in [0, 0.1) is 0 Å². The second kappa shape index (κ2) is 6.53. The van der Waals surface area contributed by atoms with Gasteiger partial charge in [0.15, 0.2) is 0 Å². The van der Waals surface area contributed by atoms with Crippen LogP contribution in [-0.4, -0.2) is 43.8 Å². The molecule has 0 amide bonds. The molecule has 1 aliphatic rings. The van der Waals surface area contributed by atoms with Gasteiger partial charge in [0, 0.05) is 31.2 Å². The lowest BCUT2D eigenvalue weighted by Crippen LogP contribution is -2.46. The molecule has 100 valence electrons. The van der Waals surface area contributed by atoms with Crippen molar-refractivity contribution in [3.8, 4) is 0 Å². The summed E-state index contributed by atoms with van der Waals surface area (Å²) in [7, 11) is 0. The first-order valence-corrected chi connectivity index (χ1v) is 6.86. The largest absolute Gasteiger partial charge is 0.374 e. The second-order valence-electron chi connectivity index (χ2n) is 4.94. The van der Waals surface area contributed by atoms with Crippen molar-refractivity contribution in [2.24, 2.45) is 5.73 Å². The first-order valence-electron chi connectivity index (χ1n) is 6.48. The minimum Gasteiger partial charge on any atom is -0.374 e. The van der Waals surface area contributed by atoms with Gasteiger partial charge in [-0.2, -0.15) is 0 Å². The van der Waals surface area contributed by atoms with E-state index in [1.54, 1.807) is 0 Å². The number of nitrogens with zero attached hydrogens (tertiary/aromatic N) is 1. The van der Waals surface area contributed by atoms with Gasteiger partial charge in [-0.3, -0.25) is 4.90 Å². The zero-order valence-corrected chi connectivity index (χ0v) is 11.6. The lowest BCUT2D eigenvalue weighted by Gasteiger charge is -2.34. The lowest BCUT2D eigenvalue weighted by atomic mass is 10.0. The Hall–Kier alpha value is -0.610. The van der Waals surface area contributed by atoms with Crippen LogP contribution in [0.3, 0.4) is 0 Å². The zero-order chi connectivity index (χ0) is 13.0. The van der Waals surface area contributed by atoms with Crippen molar-refractivity contribution >= 4 is 11.6 Å². The highest BCUT2D eigenvalue weighted by molar-refractivity contribution is 6.30. The summed E-state index contributed by atoms with van der Waals surface area (Å²) in [6.07, 6.45) is 0.185. The predicted octanol–water partition coefficient (Wildman–Crippen LogP) is 2.10. The normalized spacial score (nSPS) is 22.9. The van der Waals surface area contributed by atoms with Crippen LogP contribution in [0.25, 0.3) is 0 Å². The van der Waals surface area contributed by atoms with Gasteiger partial charge in [-0.1, -0.05) is 30.7 Å². The molecule has 0 bridgehead atoms. The molecule has 1 fully saturated rings. The Balaban J connectivity index is 1.92. The quantitative estimate of drug-likeness (QED) is 0.909. The fourth-order valence-corrected chi connectivity index (χ4v) is 2.59. The lowest BCUT2D eigenvalue weighted by molar-refractivity contribution is -0.0244. The molecule has 2 rings (SSSR count). The number of ether oxygens (including phenoxy) is 1. The molecule has 2 unspecified atom stereocenters. The van der Waals surface area contributed by atoms with Crippen LogP contribution >= 0.6 is 11.6 Å². The smallest absolute Gasteiger partial charge is 0.0824 e. The van der Waals surface area contributed by atoms with Crippen LogP contribution in [0.5, 0.6) is 0 Å². The van der Waals surface area contributed by atoms with E-state index in [2.05, 4.69) is 17.9 Å². The molecule has 1 heterocycles. The maximum atomic E-state index is 6.03. The van der Waals surface area contributed by atoms with E-state index in [0.29, 0.717) is 12.5 Å². The van der Waals surface area contributed by atoms with Gasteiger partial charge < -0.3 is 10.5 Å². The highest BCUT2D eigenvalue weighted by Crippen LogP contribution is 2.21. The van der Waals surface area contributed by atoms with E-state index in [9.17, 15) is 0 Å². The van der Waals surface area contributed by atoms with Gasteiger partial charge in [0.1, 0.15) is 0 Å². The van der Waals surface area contributed by atoms with Gasteiger partial charge in [-0.25, -0.2) is 0 Å². The van der Waals surface area contributed by atoms with Crippen LogP contribution in [0.1, 0.15) is 18.4 Å². The first-order chi connectivity index (χ1) is 8.69. The standard InChI is InChI=1S/C14H21ClN2O/c1-11(12-3-2-4-13(15)7-12)9-17-5-6-18-14(8-16)10-17/h2-4,7,11,14H,5-6,8-10,16H2,1H3. The molecule has 2 N–H and O–H groups in total. The molecular formula is C14H21ClN2O. The Kier molecular flexibility index (Phi) is 5.01. The van der Waals surface area contributed by atoms with Crippen LogP contribution in [-0.2, 0) is 4.74 Å². The molecule has 1 aliphatic heterocycles. The minimum absolute atomic E-state index is 0.185. The second-order valence-corrected chi connectivity index (χ2v) is 5.38. The van der Waals surface area contributed by atoms with Crippen LogP contribution in [0.2, 0.25) is 5.02 Å². The molecule has 0 saturated carbocycles. The van der Waals surface area contributed by atoms with E-state index in [4.69, 9.17) is 22.1 Å². The third-order valence-electron chi connectivity index (χ3n) is 3.44. The number of nitrogens with two attached hydrogens (primary N) is 1. The van der Waals surface area contributed by atoms with Gasteiger partial charge in [0.25, 0.3) is 0 Å². The number of hydrogen-bond acceptors (Lipinski definition) is 3. The summed E-state index contributed by atoms with van der Waals surface area (Å²) in [5.41, 5.74) is 6.95. The summed E-state index contributed by atoms with van der Waals surface area (Å²) < 4.78 is 5.58. The van der Waals surface area contributed by atoms with E-state index >= 15 is 0 Å². The highest BCUT2D eigenvalue weighted by atomic mass is 35.5. The summed E-state index contributed by atoms with van der Waals surface area (Å²) in [6.45, 7) is 6.56. The molecule has 1 aromatic carbocycles. The summed E-state index contributed by atoms with van der Waals surface area (Å²) in [5.74, 6) is 0.472. The van der Waals surface area contributed by atoms with Crippen molar-refractivity contribution in [3.05, 3.63) is 34.9 Å². The van der Waals surface area contributed by atoms with Gasteiger partial charge in [0.2, 0.25) is 0 Å². The maximum absolute atomic E-state index is 6.03. The summed E-state index contributed by atoms with van der Waals surface area (Å²) in [5, 5.41) is 0.807. The monoisotopic (exact) mass is 268 g/mol. The molecule has 0 aromatic heterocycles. The average Bonchev–Trinajstić information content (AvgIpc) is 2.39. The number of rotatable bonds is 4. The van der Waals surface area contributed by atoms with Gasteiger partial charge in [-0.15, -0.1) is 0 Å².